The lowest BCUT2D eigenvalue weighted by atomic mass is 10.1. The van der Waals surface area contributed by atoms with Gasteiger partial charge in [-0.1, -0.05) is 0 Å². The highest BCUT2D eigenvalue weighted by atomic mass is 19.1. The summed E-state index contributed by atoms with van der Waals surface area (Å²) in [6, 6.07) is 1.53. The number of nitro groups is 1. The lowest BCUT2D eigenvalue weighted by Crippen LogP contribution is -2.29. The number of carboxylic acids is 1. The second-order valence-electron chi connectivity index (χ2n) is 4.47. The Labute approximate surface area is 118 Å². The number of nitrogens with one attached hydrogen (secondary N) is 1. The van der Waals surface area contributed by atoms with E-state index in [0.29, 0.717) is 6.07 Å². The highest BCUT2D eigenvalue weighted by Crippen LogP contribution is 2.31. The minimum Gasteiger partial charge on any atom is -0.478 e. The summed E-state index contributed by atoms with van der Waals surface area (Å²) in [5.74, 6) is -2.87. The summed E-state index contributed by atoms with van der Waals surface area (Å²) in [5.41, 5.74) is -1.17. The lowest BCUT2D eigenvalue weighted by Gasteiger charge is -2.22. The Morgan fingerprint density at radius 2 is 2.14 bits per heavy atom. The van der Waals surface area contributed by atoms with Crippen LogP contribution in [-0.2, 0) is 4.79 Å². The quantitative estimate of drug-likeness (QED) is 0.629. The minimum atomic E-state index is -1.51. The number of carbonyl (C=O) groups is 2. The van der Waals surface area contributed by atoms with Crippen LogP contribution < -0.4 is 10.2 Å². The Bertz CT molecular complexity index is 619. The molecule has 9 heteroatoms. The number of benzene rings is 1. The van der Waals surface area contributed by atoms with Gasteiger partial charge in [0.2, 0.25) is 5.91 Å². The first kappa shape index (κ1) is 14.7. The molecule has 0 atom stereocenters. The zero-order valence-corrected chi connectivity index (χ0v) is 10.8. The van der Waals surface area contributed by atoms with Crippen molar-refractivity contribution < 1.29 is 24.0 Å². The molecule has 1 heterocycles. The van der Waals surface area contributed by atoms with Gasteiger partial charge in [0.1, 0.15) is 11.5 Å². The summed E-state index contributed by atoms with van der Waals surface area (Å²) >= 11 is 0. The molecule has 0 saturated carbocycles. The number of rotatable bonds is 3. The smallest absolute Gasteiger partial charge is 0.338 e. The zero-order chi connectivity index (χ0) is 15.6. The number of anilines is 1. The zero-order valence-electron chi connectivity index (χ0n) is 10.8. The molecule has 1 saturated heterocycles. The fourth-order valence-electron chi connectivity index (χ4n) is 2.12. The van der Waals surface area contributed by atoms with E-state index in [9.17, 15) is 24.1 Å². The highest BCUT2D eigenvalue weighted by Gasteiger charge is 2.26. The molecular formula is C12H12FN3O5. The van der Waals surface area contributed by atoms with Crippen molar-refractivity contribution >= 4 is 23.3 Å². The number of hydrogen-bond acceptors (Lipinski definition) is 5. The van der Waals surface area contributed by atoms with Crippen molar-refractivity contribution in [2.75, 3.05) is 24.5 Å². The van der Waals surface area contributed by atoms with Crippen LogP contribution in [0.5, 0.6) is 0 Å². The second-order valence-corrected chi connectivity index (χ2v) is 4.47. The molecular weight excluding hydrogens is 285 g/mol. The fraction of sp³-hybridized carbons (Fsp3) is 0.333. The van der Waals surface area contributed by atoms with Gasteiger partial charge in [0.25, 0.3) is 5.69 Å². The van der Waals surface area contributed by atoms with Gasteiger partial charge in [-0.2, -0.15) is 0 Å². The van der Waals surface area contributed by atoms with Gasteiger partial charge in [-0.25, -0.2) is 9.18 Å². The fourth-order valence-corrected chi connectivity index (χ4v) is 2.12. The van der Waals surface area contributed by atoms with E-state index in [2.05, 4.69) is 5.32 Å². The van der Waals surface area contributed by atoms with E-state index in [0.717, 1.165) is 6.07 Å². The number of amides is 1. The standard InChI is InChI=1S/C12H12FN3O5/c13-8-6-10(16(20)21)9(5-7(8)12(18)19)15-3-1-11(17)14-2-4-15/h5-6H,1-4H2,(H,14,17)(H,18,19). The van der Waals surface area contributed by atoms with Crippen LogP contribution in [-0.4, -0.2) is 41.5 Å². The van der Waals surface area contributed by atoms with Crippen LogP contribution in [0.15, 0.2) is 12.1 Å². The number of carboxylic acid groups (broad SMARTS) is 1. The van der Waals surface area contributed by atoms with Crippen LogP contribution in [0.2, 0.25) is 0 Å². The molecule has 1 aromatic carbocycles. The van der Waals surface area contributed by atoms with E-state index in [1.54, 1.807) is 0 Å². The van der Waals surface area contributed by atoms with Crippen LogP contribution in [0.3, 0.4) is 0 Å². The summed E-state index contributed by atoms with van der Waals surface area (Å²) in [6.07, 6.45) is 0.122. The molecule has 2 N–H and O–H groups in total. The van der Waals surface area contributed by atoms with Crippen LogP contribution in [0.4, 0.5) is 15.8 Å². The van der Waals surface area contributed by atoms with E-state index in [1.165, 1.54) is 4.90 Å². The molecule has 0 unspecified atom stereocenters. The van der Waals surface area contributed by atoms with Crippen molar-refractivity contribution in [2.45, 2.75) is 6.42 Å². The molecule has 21 heavy (non-hydrogen) atoms. The molecule has 1 fully saturated rings. The Balaban J connectivity index is 2.48. The van der Waals surface area contributed by atoms with Gasteiger partial charge >= 0.3 is 5.97 Å². The maximum atomic E-state index is 13.6. The van der Waals surface area contributed by atoms with Gasteiger partial charge in [-0.3, -0.25) is 14.9 Å². The predicted molar refractivity (Wildman–Crippen MR) is 69.9 cm³/mol. The molecule has 2 rings (SSSR count). The third-order valence-electron chi connectivity index (χ3n) is 3.14. The maximum Gasteiger partial charge on any atom is 0.338 e. The van der Waals surface area contributed by atoms with Gasteiger partial charge in [0.05, 0.1) is 16.6 Å². The highest BCUT2D eigenvalue weighted by molar-refractivity contribution is 5.90. The maximum absolute atomic E-state index is 13.6. The number of carbonyl (C=O) groups excluding carboxylic acids is 1. The molecule has 1 aliphatic heterocycles. The van der Waals surface area contributed by atoms with E-state index >= 15 is 0 Å². The lowest BCUT2D eigenvalue weighted by molar-refractivity contribution is -0.384. The Kier molecular flexibility index (Phi) is 4.01. The van der Waals surface area contributed by atoms with Crippen molar-refractivity contribution in [2.24, 2.45) is 0 Å². The van der Waals surface area contributed by atoms with E-state index in [4.69, 9.17) is 5.11 Å². The van der Waals surface area contributed by atoms with E-state index < -0.39 is 28.0 Å². The SMILES string of the molecule is O=C1CCN(c2cc(C(=O)O)c(F)cc2[N+](=O)[O-])CCN1. The molecule has 0 aromatic heterocycles. The first-order valence-electron chi connectivity index (χ1n) is 6.13. The summed E-state index contributed by atoms with van der Waals surface area (Å²) < 4.78 is 13.6. The van der Waals surface area contributed by atoms with Gasteiger partial charge in [-0.05, 0) is 6.07 Å². The second kappa shape index (κ2) is 5.73. The molecule has 0 aliphatic carbocycles. The van der Waals surface area contributed by atoms with Crippen LogP contribution in [0.25, 0.3) is 0 Å². The molecule has 1 amide bonds. The van der Waals surface area contributed by atoms with Crippen molar-refractivity contribution in [3.05, 3.63) is 33.6 Å². The average Bonchev–Trinajstić information content (AvgIpc) is 2.62. The third-order valence-corrected chi connectivity index (χ3v) is 3.14. The predicted octanol–water partition coefficient (Wildman–Crippen LogP) is 0.758. The first-order chi connectivity index (χ1) is 9.90. The van der Waals surface area contributed by atoms with Gasteiger partial charge < -0.3 is 15.3 Å². The van der Waals surface area contributed by atoms with E-state index in [1.807, 2.05) is 0 Å². The van der Waals surface area contributed by atoms with Gasteiger partial charge in [0.15, 0.2) is 0 Å². The average molecular weight is 297 g/mol. The molecule has 1 aliphatic rings. The number of nitro benzene ring substituents is 1. The summed E-state index contributed by atoms with van der Waals surface area (Å²) in [7, 11) is 0. The first-order valence-corrected chi connectivity index (χ1v) is 6.13. The largest absolute Gasteiger partial charge is 0.478 e. The topological polar surface area (TPSA) is 113 Å². The van der Waals surface area contributed by atoms with Crippen LogP contribution in [0, 0.1) is 15.9 Å². The molecule has 8 nitrogen and oxygen atoms in total. The number of aromatic carboxylic acids is 1. The molecule has 0 bridgehead atoms. The Morgan fingerprint density at radius 1 is 1.43 bits per heavy atom. The van der Waals surface area contributed by atoms with Crippen molar-refractivity contribution in [1.82, 2.24) is 5.32 Å². The summed E-state index contributed by atoms with van der Waals surface area (Å²) in [4.78, 5) is 34.0. The third kappa shape index (κ3) is 3.07. The summed E-state index contributed by atoms with van der Waals surface area (Å²) in [5, 5.41) is 22.6. The van der Waals surface area contributed by atoms with Crippen molar-refractivity contribution in [3.8, 4) is 0 Å². The van der Waals surface area contributed by atoms with Crippen LogP contribution >= 0.6 is 0 Å². The Morgan fingerprint density at radius 3 is 2.76 bits per heavy atom. The van der Waals surface area contributed by atoms with Crippen molar-refractivity contribution in [3.63, 3.8) is 0 Å². The van der Waals surface area contributed by atoms with Crippen molar-refractivity contribution in [1.29, 1.82) is 0 Å². The van der Waals surface area contributed by atoms with Gasteiger partial charge in [-0.15, -0.1) is 0 Å². The molecule has 112 valence electrons. The number of halogens is 1. The molecule has 0 radical (unpaired) electrons. The molecule has 0 spiro atoms. The monoisotopic (exact) mass is 297 g/mol. The molecule has 1 aromatic rings. The Hall–Kier alpha value is -2.71. The van der Waals surface area contributed by atoms with E-state index in [-0.39, 0.29) is 37.6 Å². The minimum absolute atomic E-state index is 0.00435. The number of nitrogens with zero attached hydrogens (tertiary/aromatic N) is 2. The van der Waals surface area contributed by atoms with Crippen LogP contribution in [0.1, 0.15) is 16.8 Å². The van der Waals surface area contributed by atoms with Gasteiger partial charge in [0, 0.05) is 26.1 Å². The normalized spacial score (nSPS) is 15.3. The number of hydrogen-bond donors (Lipinski definition) is 2. The summed E-state index contributed by atoms with van der Waals surface area (Å²) in [6.45, 7) is 0.740.